The van der Waals surface area contributed by atoms with E-state index in [4.69, 9.17) is 0 Å². The number of hydrogen-bond acceptors (Lipinski definition) is 4. The summed E-state index contributed by atoms with van der Waals surface area (Å²) in [4.78, 5) is 4.44. The molecule has 0 aromatic carbocycles. The molecule has 0 spiro atoms. The average Bonchev–Trinajstić information content (AvgIpc) is 2.54. The minimum Gasteiger partial charge on any atom is -0.272 e. The fourth-order valence-corrected chi connectivity index (χ4v) is 2.01. The number of nitrogens with zero attached hydrogens (tertiary/aromatic N) is 3. The second-order valence-corrected chi connectivity index (χ2v) is 3.71. The van der Waals surface area contributed by atoms with Crippen molar-refractivity contribution in [3.05, 3.63) is 24.0 Å². The van der Waals surface area contributed by atoms with Crippen molar-refractivity contribution in [1.29, 1.82) is 0 Å². The van der Waals surface area contributed by atoms with Gasteiger partial charge in [-0.25, -0.2) is 0 Å². The second-order valence-electron chi connectivity index (χ2n) is 2.70. The summed E-state index contributed by atoms with van der Waals surface area (Å²) in [6.45, 7) is 2.11. The number of rotatable bonds is 1. The Balaban J connectivity index is 2.27. The van der Waals surface area contributed by atoms with Gasteiger partial charge in [0, 0.05) is 11.9 Å². The SMILES string of the molecule is C[C@@H]1CSC(c2cccnn2)=N1. The molecule has 2 rings (SSSR count). The van der Waals surface area contributed by atoms with Crippen LogP contribution in [0.1, 0.15) is 12.6 Å². The van der Waals surface area contributed by atoms with Crippen molar-refractivity contribution in [3.8, 4) is 0 Å². The highest BCUT2D eigenvalue weighted by Crippen LogP contribution is 2.21. The Hall–Kier alpha value is -0.900. The number of thioether (sulfide) groups is 1. The highest BCUT2D eigenvalue weighted by Gasteiger charge is 2.15. The lowest BCUT2D eigenvalue weighted by Gasteiger charge is -1.94. The van der Waals surface area contributed by atoms with Gasteiger partial charge < -0.3 is 0 Å². The first-order valence-electron chi connectivity index (χ1n) is 3.85. The first-order chi connectivity index (χ1) is 5.86. The Morgan fingerprint density at radius 2 is 2.50 bits per heavy atom. The highest BCUT2D eigenvalue weighted by molar-refractivity contribution is 8.14. The normalized spacial score (nSPS) is 22.4. The molecule has 1 aliphatic heterocycles. The third-order valence-electron chi connectivity index (χ3n) is 1.59. The van der Waals surface area contributed by atoms with E-state index < -0.39 is 0 Å². The maximum Gasteiger partial charge on any atom is 0.118 e. The quantitative estimate of drug-likeness (QED) is 0.653. The molecule has 0 aliphatic carbocycles. The van der Waals surface area contributed by atoms with Gasteiger partial charge in [0.15, 0.2) is 0 Å². The summed E-state index contributed by atoms with van der Waals surface area (Å²) < 4.78 is 0. The fraction of sp³-hybridized carbons (Fsp3) is 0.375. The van der Waals surface area contributed by atoms with Crippen molar-refractivity contribution in [3.63, 3.8) is 0 Å². The van der Waals surface area contributed by atoms with Gasteiger partial charge in [0.25, 0.3) is 0 Å². The maximum atomic E-state index is 4.44. The summed E-state index contributed by atoms with van der Waals surface area (Å²) in [5, 5.41) is 8.83. The van der Waals surface area contributed by atoms with Crippen molar-refractivity contribution in [1.82, 2.24) is 10.2 Å². The van der Waals surface area contributed by atoms with E-state index in [1.54, 1.807) is 18.0 Å². The topological polar surface area (TPSA) is 38.1 Å². The van der Waals surface area contributed by atoms with E-state index in [2.05, 4.69) is 22.1 Å². The van der Waals surface area contributed by atoms with E-state index in [0.717, 1.165) is 16.5 Å². The van der Waals surface area contributed by atoms with Gasteiger partial charge in [0.05, 0.1) is 6.04 Å². The van der Waals surface area contributed by atoms with Gasteiger partial charge in [-0.05, 0) is 19.1 Å². The molecule has 0 amide bonds. The fourth-order valence-electron chi connectivity index (χ4n) is 1.03. The molecule has 1 aliphatic rings. The van der Waals surface area contributed by atoms with Gasteiger partial charge in [0.2, 0.25) is 0 Å². The van der Waals surface area contributed by atoms with Crippen molar-refractivity contribution >= 4 is 16.8 Å². The molecule has 1 atom stereocenters. The van der Waals surface area contributed by atoms with Crippen LogP contribution in [0.3, 0.4) is 0 Å². The van der Waals surface area contributed by atoms with E-state index in [-0.39, 0.29) is 0 Å². The van der Waals surface area contributed by atoms with E-state index in [1.807, 2.05) is 12.1 Å². The third-order valence-corrected chi connectivity index (χ3v) is 2.83. The van der Waals surface area contributed by atoms with Crippen LogP contribution >= 0.6 is 11.8 Å². The standard InChI is InChI=1S/C8H9N3S/c1-6-5-12-8(10-6)7-3-2-4-9-11-7/h2-4,6H,5H2,1H3/t6-/m1/s1. The summed E-state index contributed by atoms with van der Waals surface area (Å²) in [5.41, 5.74) is 0.895. The van der Waals surface area contributed by atoms with Crippen LogP contribution in [0.25, 0.3) is 0 Å². The maximum absolute atomic E-state index is 4.44. The van der Waals surface area contributed by atoms with E-state index >= 15 is 0 Å². The van der Waals surface area contributed by atoms with Gasteiger partial charge in [0.1, 0.15) is 10.7 Å². The zero-order valence-corrected chi connectivity index (χ0v) is 7.58. The van der Waals surface area contributed by atoms with Crippen LogP contribution in [0, 0.1) is 0 Å². The largest absolute Gasteiger partial charge is 0.272 e. The molecular formula is C8H9N3S. The second kappa shape index (κ2) is 3.23. The van der Waals surface area contributed by atoms with Gasteiger partial charge in [-0.1, -0.05) is 0 Å². The number of aromatic nitrogens is 2. The van der Waals surface area contributed by atoms with Crippen LogP contribution in [-0.4, -0.2) is 27.0 Å². The van der Waals surface area contributed by atoms with Crippen molar-refractivity contribution in [2.75, 3.05) is 5.75 Å². The molecule has 0 saturated heterocycles. The van der Waals surface area contributed by atoms with Crippen molar-refractivity contribution in [2.45, 2.75) is 13.0 Å². The van der Waals surface area contributed by atoms with Gasteiger partial charge in [-0.15, -0.1) is 16.9 Å². The lowest BCUT2D eigenvalue weighted by molar-refractivity contribution is 0.863. The molecule has 1 aromatic heterocycles. The van der Waals surface area contributed by atoms with Crippen LogP contribution in [0.5, 0.6) is 0 Å². The summed E-state index contributed by atoms with van der Waals surface area (Å²) in [5.74, 6) is 1.06. The number of hydrogen-bond donors (Lipinski definition) is 0. The Kier molecular flexibility index (Phi) is 2.08. The molecule has 0 N–H and O–H groups in total. The molecule has 1 aromatic rings. The van der Waals surface area contributed by atoms with Crippen LogP contribution in [0.4, 0.5) is 0 Å². The Bertz CT molecular complexity index is 296. The summed E-state index contributed by atoms with van der Waals surface area (Å²) in [6, 6.07) is 4.25. The summed E-state index contributed by atoms with van der Waals surface area (Å²) in [7, 11) is 0. The summed E-state index contributed by atoms with van der Waals surface area (Å²) >= 11 is 1.75. The molecule has 0 radical (unpaired) electrons. The Labute approximate surface area is 75.3 Å². The van der Waals surface area contributed by atoms with Gasteiger partial charge in [-0.3, -0.25) is 4.99 Å². The molecular weight excluding hydrogens is 170 g/mol. The highest BCUT2D eigenvalue weighted by atomic mass is 32.2. The van der Waals surface area contributed by atoms with E-state index in [1.165, 1.54) is 0 Å². The predicted octanol–water partition coefficient (Wildman–Crippen LogP) is 1.36. The Morgan fingerprint density at radius 3 is 3.08 bits per heavy atom. The molecule has 0 saturated carbocycles. The molecule has 4 heteroatoms. The first-order valence-corrected chi connectivity index (χ1v) is 4.83. The third kappa shape index (κ3) is 1.48. The molecule has 3 nitrogen and oxygen atoms in total. The number of aliphatic imine (C=N–C) groups is 1. The van der Waals surface area contributed by atoms with Crippen LogP contribution < -0.4 is 0 Å². The van der Waals surface area contributed by atoms with E-state index in [0.29, 0.717) is 6.04 Å². The summed E-state index contributed by atoms with van der Waals surface area (Å²) in [6.07, 6.45) is 1.67. The first kappa shape index (κ1) is 7.73. The van der Waals surface area contributed by atoms with Gasteiger partial charge in [-0.2, -0.15) is 5.10 Å². The van der Waals surface area contributed by atoms with E-state index in [9.17, 15) is 0 Å². The molecule has 0 bridgehead atoms. The van der Waals surface area contributed by atoms with Crippen molar-refractivity contribution in [2.24, 2.45) is 4.99 Å². The Morgan fingerprint density at radius 1 is 1.58 bits per heavy atom. The zero-order valence-electron chi connectivity index (χ0n) is 6.77. The monoisotopic (exact) mass is 179 g/mol. The minimum absolute atomic E-state index is 0.423. The average molecular weight is 179 g/mol. The molecule has 62 valence electrons. The smallest absolute Gasteiger partial charge is 0.118 e. The van der Waals surface area contributed by atoms with Crippen LogP contribution in [0.2, 0.25) is 0 Å². The zero-order chi connectivity index (χ0) is 8.39. The lowest BCUT2D eigenvalue weighted by Crippen LogP contribution is -1.97. The molecule has 0 unspecified atom stereocenters. The molecule has 0 fully saturated rings. The lowest BCUT2D eigenvalue weighted by atomic mass is 10.4. The van der Waals surface area contributed by atoms with Gasteiger partial charge >= 0.3 is 0 Å². The van der Waals surface area contributed by atoms with Crippen LogP contribution in [-0.2, 0) is 0 Å². The van der Waals surface area contributed by atoms with Crippen molar-refractivity contribution < 1.29 is 0 Å². The minimum atomic E-state index is 0.423. The van der Waals surface area contributed by atoms with Crippen LogP contribution in [0.15, 0.2) is 23.3 Å². The molecule has 2 heterocycles. The molecule has 12 heavy (non-hydrogen) atoms. The predicted molar refractivity (Wildman–Crippen MR) is 50.5 cm³/mol.